The molecule has 3 unspecified atom stereocenters. The van der Waals surface area contributed by atoms with E-state index in [-0.39, 0.29) is 5.91 Å². The van der Waals surface area contributed by atoms with Gasteiger partial charge in [-0.15, -0.1) is 0 Å². The lowest BCUT2D eigenvalue weighted by atomic mass is 9.97. The number of aryl methyl sites for hydroxylation is 1. The molecule has 1 aliphatic rings. The summed E-state index contributed by atoms with van der Waals surface area (Å²) >= 11 is 3.50. The Hall–Kier alpha value is -0.830. The lowest BCUT2D eigenvalue weighted by Gasteiger charge is -2.20. The van der Waals surface area contributed by atoms with Crippen LogP contribution in [-0.4, -0.2) is 11.9 Å². The Morgan fingerprint density at radius 2 is 2.06 bits per heavy atom. The van der Waals surface area contributed by atoms with E-state index in [1.807, 2.05) is 25.1 Å². The van der Waals surface area contributed by atoms with E-state index in [9.17, 15) is 4.79 Å². The van der Waals surface area contributed by atoms with Gasteiger partial charge in [-0.2, -0.15) is 0 Å². The molecule has 0 bridgehead atoms. The highest BCUT2D eigenvalue weighted by Gasteiger charge is 2.31. The van der Waals surface area contributed by atoms with Gasteiger partial charge in [0.2, 0.25) is 0 Å². The number of amides is 1. The molecule has 2 rings (SSSR count). The molecule has 0 radical (unpaired) electrons. The van der Waals surface area contributed by atoms with E-state index >= 15 is 0 Å². The molecule has 1 aliphatic carbocycles. The molecule has 1 aromatic rings. The van der Waals surface area contributed by atoms with Gasteiger partial charge in [-0.05, 0) is 59.2 Å². The van der Waals surface area contributed by atoms with Gasteiger partial charge in [0, 0.05) is 10.5 Å². The Kier molecular flexibility index (Phi) is 4.10. The Labute approximate surface area is 117 Å². The van der Waals surface area contributed by atoms with Crippen molar-refractivity contribution in [3.63, 3.8) is 0 Å². The highest BCUT2D eigenvalue weighted by Crippen LogP contribution is 2.31. The normalized spacial score (nSPS) is 27.2. The smallest absolute Gasteiger partial charge is 0.252 e. The first-order chi connectivity index (χ1) is 8.50. The Bertz CT molecular complexity index is 458. The van der Waals surface area contributed by atoms with Crippen molar-refractivity contribution in [2.24, 2.45) is 11.8 Å². The quantitative estimate of drug-likeness (QED) is 0.881. The van der Waals surface area contributed by atoms with E-state index in [1.54, 1.807) is 0 Å². The minimum atomic E-state index is 0.0384. The van der Waals surface area contributed by atoms with Crippen LogP contribution < -0.4 is 5.32 Å². The molecule has 1 N–H and O–H groups in total. The van der Waals surface area contributed by atoms with Crippen LogP contribution in [-0.2, 0) is 0 Å². The molecular weight excluding hydrogens is 290 g/mol. The van der Waals surface area contributed by atoms with Gasteiger partial charge in [0.15, 0.2) is 0 Å². The molecule has 98 valence electrons. The molecule has 0 heterocycles. The van der Waals surface area contributed by atoms with Crippen LogP contribution in [0.5, 0.6) is 0 Å². The van der Waals surface area contributed by atoms with Crippen LogP contribution in [0.2, 0.25) is 0 Å². The van der Waals surface area contributed by atoms with E-state index in [0.29, 0.717) is 17.9 Å². The fraction of sp³-hybridized carbons (Fsp3) is 0.533. The van der Waals surface area contributed by atoms with E-state index < -0.39 is 0 Å². The van der Waals surface area contributed by atoms with Gasteiger partial charge in [-0.3, -0.25) is 4.79 Å². The predicted octanol–water partition coefficient (Wildman–Crippen LogP) is 3.92. The van der Waals surface area contributed by atoms with E-state index in [0.717, 1.165) is 22.0 Å². The zero-order chi connectivity index (χ0) is 13.3. The van der Waals surface area contributed by atoms with Gasteiger partial charge in [-0.1, -0.05) is 26.0 Å². The summed E-state index contributed by atoms with van der Waals surface area (Å²) in [6.07, 6.45) is 2.30. The number of carbonyl (C=O) groups excluding carboxylic acids is 1. The van der Waals surface area contributed by atoms with Crippen LogP contribution in [0.3, 0.4) is 0 Å². The summed E-state index contributed by atoms with van der Waals surface area (Å²) in [5.41, 5.74) is 1.83. The van der Waals surface area contributed by atoms with Crippen LogP contribution in [0, 0.1) is 18.8 Å². The molecule has 3 atom stereocenters. The molecule has 2 nitrogen and oxygen atoms in total. The van der Waals surface area contributed by atoms with Crippen molar-refractivity contribution in [3.05, 3.63) is 33.8 Å². The minimum absolute atomic E-state index is 0.0384. The molecule has 1 aromatic carbocycles. The van der Waals surface area contributed by atoms with Crippen molar-refractivity contribution in [2.45, 2.75) is 39.7 Å². The largest absolute Gasteiger partial charge is 0.349 e. The summed E-state index contributed by atoms with van der Waals surface area (Å²) in [4.78, 5) is 12.3. The third kappa shape index (κ3) is 2.61. The second kappa shape index (κ2) is 5.43. The fourth-order valence-corrected chi connectivity index (χ4v) is 3.08. The average Bonchev–Trinajstić information content (AvgIpc) is 2.64. The highest BCUT2D eigenvalue weighted by molar-refractivity contribution is 9.10. The molecule has 3 heteroatoms. The Balaban J connectivity index is 2.11. The zero-order valence-corrected chi connectivity index (χ0v) is 12.8. The number of carbonyl (C=O) groups is 1. The molecule has 0 aliphatic heterocycles. The van der Waals surface area contributed by atoms with Gasteiger partial charge < -0.3 is 5.32 Å². The van der Waals surface area contributed by atoms with Crippen molar-refractivity contribution in [2.75, 3.05) is 0 Å². The molecule has 0 spiro atoms. The third-order valence-corrected chi connectivity index (χ3v) is 5.27. The summed E-state index contributed by atoms with van der Waals surface area (Å²) < 4.78 is 0.904. The van der Waals surface area contributed by atoms with Crippen molar-refractivity contribution in [1.82, 2.24) is 5.32 Å². The maximum atomic E-state index is 12.3. The van der Waals surface area contributed by atoms with Gasteiger partial charge in [0.05, 0.1) is 5.56 Å². The number of hydrogen-bond donors (Lipinski definition) is 1. The summed E-state index contributed by atoms with van der Waals surface area (Å²) in [5, 5.41) is 3.17. The van der Waals surface area contributed by atoms with Crippen LogP contribution in [0.4, 0.5) is 0 Å². The average molecular weight is 310 g/mol. The van der Waals surface area contributed by atoms with E-state index in [4.69, 9.17) is 0 Å². The second-order valence-corrected chi connectivity index (χ2v) is 6.22. The topological polar surface area (TPSA) is 29.1 Å². The monoisotopic (exact) mass is 309 g/mol. The molecule has 1 fully saturated rings. The molecular formula is C15H20BrNO. The van der Waals surface area contributed by atoms with Crippen LogP contribution in [0.15, 0.2) is 22.7 Å². The van der Waals surface area contributed by atoms with Gasteiger partial charge in [0.25, 0.3) is 5.91 Å². The number of halogens is 1. The van der Waals surface area contributed by atoms with Crippen LogP contribution in [0.25, 0.3) is 0 Å². The molecule has 0 saturated heterocycles. The van der Waals surface area contributed by atoms with E-state index in [2.05, 4.69) is 35.1 Å². The van der Waals surface area contributed by atoms with Crippen LogP contribution in [0.1, 0.15) is 42.6 Å². The standard InChI is InChI=1S/C15H20BrNO/c1-9-7-8-13(11(9)3)17-15(18)12-6-4-5-10(2)14(12)16/h4-6,9,11,13H,7-8H2,1-3H3,(H,17,18). The summed E-state index contributed by atoms with van der Waals surface area (Å²) in [5.74, 6) is 1.31. The van der Waals surface area contributed by atoms with Crippen molar-refractivity contribution < 1.29 is 4.79 Å². The fourth-order valence-electron chi connectivity index (χ4n) is 2.64. The first-order valence-electron chi connectivity index (χ1n) is 6.56. The Morgan fingerprint density at radius 1 is 1.33 bits per heavy atom. The minimum Gasteiger partial charge on any atom is -0.349 e. The highest BCUT2D eigenvalue weighted by atomic mass is 79.9. The lowest BCUT2D eigenvalue weighted by molar-refractivity contribution is 0.0926. The lowest BCUT2D eigenvalue weighted by Crippen LogP contribution is -2.37. The SMILES string of the molecule is Cc1cccc(C(=O)NC2CCC(C)C2C)c1Br. The maximum Gasteiger partial charge on any atom is 0.252 e. The molecule has 1 amide bonds. The first kappa shape index (κ1) is 13.6. The number of benzene rings is 1. The van der Waals surface area contributed by atoms with E-state index in [1.165, 1.54) is 6.42 Å². The van der Waals surface area contributed by atoms with Crippen LogP contribution >= 0.6 is 15.9 Å². The maximum absolute atomic E-state index is 12.3. The summed E-state index contributed by atoms with van der Waals surface area (Å²) in [7, 11) is 0. The number of rotatable bonds is 2. The second-order valence-electron chi connectivity index (χ2n) is 5.43. The van der Waals surface area contributed by atoms with Gasteiger partial charge in [-0.25, -0.2) is 0 Å². The van der Waals surface area contributed by atoms with Gasteiger partial charge in [0.1, 0.15) is 0 Å². The molecule has 18 heavy (non-hydrogen) atoms. The predicted molar refractivity (Wildman–Crippen MR) is 77.7 cm³/mol. The number of nitrogens with one attached hydrogen (secondary N) is 1. The molecule has 1 saturated carbocycles. The van der Waals surface area contributed by atoms with Crippen molar-refractivity contribution in [1.29, 1.82) is 0 Å². The van der Waals surface area contributed by atoms with Gasteiger partial charge >= 0.3 is 0 Å². The van der Waals surface area contributed by atoms with Crippen molar-refractivity contribution >= 4 is 21.8 Å². The summed E-state index contributed by atoms with van der Waals surface area (Å²) in [6, 6.07) is 6.12. The summed E-state index contributed by atoms with van der Waals surface area (Å²) in [6.45, 7) is 6.49. The number of hydrogen-bond acceptors (Lipinski definition) is 1. The Morgan fingerprint density at radius 3 is 2.67 bits per heavy atom. The first-order valence-corrected chi connectivity index (χ1v) is 7.36. The zero-order valence-electron chi connectivity index (χ0n) is 11.2. The molecule has 0 aromatic heterocycles. The van der Waals surface area contributed by atoms with Crippen molar-refractivity contribution in [3.8, 4) is 0 Å². The third-order valence-electron chi connectivity index (χ3n) is 4.22.